The zero-order valence-electron chi connectivity index (χ0n) is 23.8. The number of aryl methyl sites for hydroxylation is 1. The van der Waals surface area contributed by atoms with Gasteiger partial charge in [-0.2, -0.15) is 0 Å². The summed E-state index contributed by atoms with van der Waals surface area (Å²) in [5.41, 5.74) is 7.12. The van der Waals surface area contributed by atoms with Gasteiger partial charge in [0.2, 0.25) is 5.88 Å². The minimum Gasteiger partial charge on any atom is -0.485 e. The molecule has 3 aliphatic rings. The number of carboxylic acids is 1. The molecule has 1 saturated carbocycles. The Morgan fingerprint density at radius 1 is 1.10 bits per heavy atom. The molecule has 6 rings (SSSR count). The highest BCUT2D eigenvalue weighted by molar-refractivity contribution is 5.71. The number of fused-ring (bicyclic) bond motifs is 1. The molecule has 2 aromatic carbocycles. The van der Waals surface area contributed by atoms with Gasteiger partial charge in [-0.3, -0.25) is 9.69 Å². The molecule has 210 valence electrons. The number of carbonyl (C=O) groups is 1. The average Bonchev–Trinajstić information content (AvgIpc) is 3.73. The minimum atomic E-state index is -0.721. The fourth-order valence-electron chi connectivity index (χ4n) is 6.77. The summed E-state index contributed by atoms with van der Waals surface area (Å²) in [5, 5.41) is 9.77. The SMILES string of the molecule is COc1cc(-c2ccc(C3CCc4ccc([C@H](C5CC5)[C@H](C)C(=O)O)cc4O3)c(CN3CCC[C@@H]3C)c2)ccn1. The number of aromatic nitrogens is 1. The first-order valence-electron chi connectivity index (χ1n) is 14.8. The number of nitrogens with zero attached hydrogens (tertiary/aromatic N) is 2. The van der Waals surface area contributed by atoms with E-state index >= 15 is 0 Å². The molecule has 1 aromatic heterocycles. The van der Waals surface area contributed by atoms with Crippen molar-refractivity contribution in [2.24, 2.45) is 11.8 Å². The van der Waals surface area contributed by atoms with Gasteiger partial charge in [0.1, 0.15) is 11.9 Å². The largest absolute Gasteiger partial charge is 0.485 e. The molecule has 1 aliphatic carbocycles. The Morgan fingerprint density at radius 3 is 2.65 bits per heavy atom. The Balaban J connectivity index is 1.32. The van der Waals surface area contributed by atoms with Crippen LogP contribution in [0, 0.1) is 11.8 Å². The van der Waals surface area contributed by atoms with Gasteiger partial charge in [-0.15, -0.1) is 0 Å². The summed E-state index contributed by atoms with van der Waals surface area (Å²) >= 11 is 0. The number of hydrogen-bond acceptors (Lipinski definition) is 5. The number of methoxy groups -OCH3 is 1. The third-order valence-electron chi connectivity index (χ3n) is 9.31. The third-order valence-corrected chi connectivity index (χ3v) is 9.31. The first-order valence-corrected chi connectivity index (χ1v) is 14.8. The van der Waals surface area contributed by atoms with Gasteiger partial charge in [0.25, 0.3) is 0 Å². The van der Waals surface area contributed by atoms with E-state index in [1.54, 1.807) is 13.3 Å². The second-order valence-corrected chi connectivity index (χ2v) is 12.0. The molecule has 2 aliphatic heterocycles. The normalized spacial score (nSPS) is 22.3. The fourth-order valence-corrected chi connectivity index (χ4v) is 6.77. The monoisotopic (exact) mass is 540 g/mol. The first kappa shape index (κ1) is 26.8. The molecule has 6 nitrogen and oxygen atoms in total. The summed E-state index contributed by atoms with van der Waals surface area (Å²) in [6.07, 6.45) is 8.33. The Morgan fingerprint density at radius 2 is 1.93 bits per heavy atom. The molecule has 3 heterocycles. The number of hydrogen-bond donors (Lipinski definition) is 1. The van der Waals surface area contributed by atoms with E-state index < -0.39 is 11.9 Å². The highest BCUT2D eigenvalue weighted by atomic mass is 16.5. The average molecular weight is 541 g/mol. The van der Waals surface area contributed by atoms with Crippen LogP contribution in [0.2, 0.25) is 0 Å². The zero-order chi connectivity index (χ0) is 27.8. The smallest absolute Gasteiger partial charge is 0.306 e. The number of rotatable bonds is 9. The second kappa shape index (κ2) is 11.2. The molecule has 2 fully saturated rings. The van der Waals surface area contributed by atoms with E-state index in [0.29, 0.717) is 17.8 Å². The maximum Gasteiger partial charge on any atom is 0.306 e. The van der Waals surface area contributed by atoms with Gasteiger partial charge < -0.3 is 14.6 Å². The Kier molecular flexibility index (Phi) is 7.54. The summed E-state index contributed by atoms with van der Waals surface area (Å²) in [7, 11) is 1.65. The lowest BCUT2D eigenvalue weighted by molar-refractivity contribution is -0.142. The van der Waals surface area contributed by atoms with Crippen molar-refractivity contribution in [2.45, 2.75) is 77.0 Å². The van der Waals surface area contributed by atoms with Gasteiger partial charge in [-0.05, 0) is 115 Å². The van der Waals surface area contributed by atoms with E-state index in [1.165, 1.54) is 29.5 Å². The fraction of sp³-hybridized carbons (Fsp3) is 0.471. The first-order chi connectivity index (χ1) is 19.4. The van der Waals surface area contributed by atoms with Crippen LogP contribution in [-0.2, 0) is 17.8 Å². The number of aliphatic carboxylic acids is 1. The Bertz CT molecular complexity index is 1380. The predicted octanol–water partition coefficient (Wildman–Crippen LogP) is 7.02. The highest BCUT2D eigenvalue weighted by Gasteiger charge is 2.39. The van der Waals surface area contributed by atoms with Crippen LogP contribution < -0.4 is 9.47 Å². The van der Waals surface area contributed by atoms with Crippen LogP contribution in [0.15, 0.2) is 54.7 Å². The molecule has 0 amide bonds. The third kappa shape index (κ3) is 5.46. The van der Waals surface area contributed by atoms with Gasteiger partial charge >= 0.3 is 5.97 Å². The zero-order valence-corrected chi connectivity index (χ0v) is 23.8. The maximum absolute atomic E-state index is 11.9. The van der Waals surface area contributed by atoms with E-state index in [-0.39, 0.29) is 12.0 Å². The minimum absolute atomic E-state index is 0.0343. The van der Waals surface area contributed by atoms with Gasteiger partial charge in [-0.25, -0.2) is 4.98 Å². The van der Waals surface area contributed by atoms with Crippen molar-refractivity contribution in [2.75, 3.05) is 13.7 Å². The number of likely N-dealkylation sites (tertiary alicyclic amines) is 1. The van der Waals surface area contributed by atoms with Crippen molar-refractivity contribution in [3.05, 3.63) is 77.0 Å². The van der Waals surface area contributed by atoms with Crippen molar-refractivity contribution in [1.29, 1.82) is 0 Å². The summed E-state index contributed by atoms with van der Waals surface area (Å²) in [5.74, 6) is 0.897. The maximum atomic E-state index is 11.9. The second-order valence-electron chi connectivity index (χ2n) is 12.0. The molecule has 6 heteroatoms. The van der Waals surface area contributed by atoms with Crippen molar-refractivity contribution >= 4 is 5.97 Å². The van der Waals surface area contributed by atoms with Crippen LogP contribution in [0.5, 0.6) is 11.6 Å². The Hall–Kier alpha value is -3.38. The van der Waals surface area contributed by atoms with Crippen LogP contribution >= 0.6 is 0 Å². The lowest BCUT2D eigenvalue weighted by Gasteiger charge is -2.31. The molecule has 0 bridgehead atoms. The van der Waals surface area contributed by atoms with Crippen LogP contribution in [0.1, 0.15) is 80.2 Å². The van der Waals surface area contributed by atoms with Crippen LogP contribution in [-0.4, -0.2) is 40.7 Å². The molecule has 40 heavy (non-hydrogen) atoms. The molecule has 0 radical (unpaired) electrons. The predicted molar refractivity (Wildman–Crippen MR) is 156 cm³/mol. The molecule has 4 atom stereocenters. The van der Waals surface area contributed by atoms with Crippen LogP contribution in [0.3, 0.4) is 0 Å². The molecule has 1 N–H and O–H groups in total. The van der Waals surface area contributed by atoms with Crippen molar-refractivity contribution in [3.8, 4) is 22.8 Å². The summed E-state index contributed by atoms with van der Waals surface area (Å²) < 4.78 is 12.1. The van der Waals surface area contributed by atoms with Crippen LogP contribution in [0.4, 0.5) is 0 Å². The standard InChI is InChI=1S/C34H40N2O4/c1-21-5-4-16-36(21)20-28-17-25(26-14-15-35-32(19-26)39-3)10-12-29(28)30-13-11-23-6-9-27(18-31(23)40-30)33(24-7-8-24)22(2)34(37)38/h6,9-10,12,14-15,17-19,21-22,24,30,33H,4-5,7-8,11,13,16,20H2,1-3H3,(H,37,38)/t21-,22-,30?,33-/m0/s1. The quantitative estimate of drug-likeness (QED) is 0.314. The van der Waals surface area contributed by atoms with Gasteiger partial charge in [0, 0.05) is 24.8 Å². The van der Waals surface area contributed by atoms with Gasteiger partial charge in [0.15, 0.2) is 0 Å². The highest BCUT2D eigenvalue weighted by Crippen LogP contribution is 2.48. The van der Waals surface area contributed by atoms with E-state index in [0.717, 1.165) is 61.2 Å². The molecule has 1 unspecified atom stereocenters. The van der Waals surface area contributed by atoms with Crippen LogP contribution in [0.25, 0.3) is 11.1 Å². The molecular formula is C34H40N2O4. The molecular weight excluding hydrogens is 500 g/mol. The van der Waals surface area contributed by atoms with E-state index in [2.05, 4.69) is 53.2 Å². The summed E-state index contributed by atoms with van der Waals surface area (Å²) in [6, 6.07) is 17.8. The Labute approximate surface area is 237 Å². The molecule has 0 spiro atoms. The van der Waals surface area contributed by atoms with Crippen molar-refractivity contribution in [3.63, 3.8) is 0 Å². The van der Waals surface area contributed by atoms with Crippen molar-refractivity contribution in [1.82, 2.24) is 9.88 Å². The van der Waals surface area contributed by atoms with Crippen molar-refractivity contribution < 1.29 is 19.4 Å². The topological polar surface area (TPSA) is 71.9 Å². The van der Waals surface area contributed by atoms with Gasteiger partial charge in [0.05, 0.1) is 13.0 Å². The number of pyridine rings is 1. The number of benzene rings is 2. The lowest BCUT2D eigenvalue weighted by atomic mass is 9.82. The number of carboxylic acid groups (broad SMARTS) is 1. The van der Waals surface area contributed by atoms with E-state index in [4.69, 9.17) is 9.47 Å². The van der Waals surface area contributed by atoms with E-state index in [1.807, 2.05) is 19.1 Å². The molecule has 3 aromatic rings. The van der Waals surface area contributed by atoms with Gasteiger partial charge in [-0.1, -0.05) is 31.2 Å². The summed E-state index contributed by atoms with van der Waals surface area (Å²) in [6.45, 7) is 6.20. The lowest BCUT2D eigenvalue weighted by Crippen LogP contribution is -2.27. The summed E-state index contributed by atoms with van der Waals surface area (Å²) in [4.78, 5) is 18.8. The molecule has 1 saturated heterocycles. The number of ether oxygens (including phenoxy) is 2. The van der Waals surface area contributed by atoms with E-state index in [9.17, 15) is 9.90 Å².